The number of piperazine rings is 1. The van der Waals surface area contributed by atoms with Crippen molar-refractivity contribution in [3.8, 4) is 5.69 Å². The largest absolute Gasteiger partial charge is 0.462 e. The Hall–Kier alpha value is -4.03. The Bertz CT molecular complexity index is 1260. The molecule has 0 radical (unpaired) electrons. The highest BCUT2D eigenvalue weighted by Crippen LogP contribution is 2.20. The van der Waals surface area contributed by atoms with Gasteiger partial charge in [-0.1, -0.05) is 0 Å². The van der Waals surface area contributed by atoms with E-state index in [1.165, 1.54) is 30.4 Å². The van der Waals surface area contributed by atoms with Gasteiger partial charge in [0, 0.05) is 26.3 Å². The number of halogens is 4. The lowest BCUT2D eigenvalue weighted by molar-refractivity contribution is -0.201. The number of ether oxygens (including phenoxy) is 1. The van der Waals surface area contributed by atoms with Gasteiger partial charge in [-0.3, -0.25) is 14.6 Å². The molecule has 15 nitrogen and oxygen atoms in total. The fraction of sp³-hybridized carbons (Fsp3) is 0.476. The van der Waals surface area contributed by atoms with E-state index in [0.29, 0.717) is 9.54 Å². The zero-order valence-corrected chi connectivity index (χ0v) is 21.9. The molecule has 218 valence electrons. The van der Waals surface area contributed by atoms with Crippen LogP contribution < -0.4 is 10.6 Å². The van der Waals surface area contributed by atoms with Gasteiger partial charge >= 0.3 is 18.2 Å². The van der Waals surface area contributed by atoms with E-state index in [9.17, 15) is 37.5 Å². The van der Waals surface area contributed by atoms with E-state index >= 15 is 0 Å². The molecule has 2 aromatic rings. The molecule has 3 rings (SSSR count). The van der Waals surface area contributed by atoms with Crippen LogP contribution >= 0.6 is 11.8 Å². The quantitative estimate of drug-likeness (QED) is 0.202. The first-order chi connectivity index (χ1) is 18.8. The van der Waals surface area contributed by atoms with Crippen molar-refractivity contribution in [2.45, 2.75) is 25.7 Å². The average molecular weight is 592 g/mol. The summed E-state index contributed by atoms with van der Waals surface area (Å²) in [5.41, 5.74) is -0.0306. The van der Waals surface area contributed by atoms with Crippen LogP contribution in [-0.2, 0) is 16.1 Å². The van der Waals surface area contributed by atoms with E-state index in [4.69, 9.17) is 16.5 Å². The summed E-state index contributed by atoms with van der Waals surface area (Å²) in [6.45, 7) is -0.0289. The molecule has 4 amide bonds. The van der Waals surface area contributed by atoms with Gasteiger partial charge in [0.2, 0.25) is 11.7 Å². The maximum atomic E-state index is 13.4. The van der Waals surface area contributed by atoms with Gasteiger partial charge < -0.3 is 25.4 Å². The van der Waals surface area contributed by atoms with Crippen LogP contribution in [0.4, 0.5) is 18.0 Å². The van der Waals surface area contributed by atoms with Gasteiger partial charge in [-0.25, -0.2) is 24.3 Å². The number of nitrogens with zero attached hydrogens (tertiary/aromatic N) is 7. The van der Waals surface area contributed by atoms with Gasteiger partial charge in [-0.15, -0.1) is 9.63 Å². The summed E-state index contributed by atoms with van der Waals surface area (Å²) < 4.78 is 44.7. The number of carbonyl (C=O) groups is 4. The van der Waals surface area contributed by atoms with Crippen molar-refractivity contribution in [3.63, 3.8) is 0 Å². The van der Waals surface area contributed by atoms with Crippen molar-refractivity contribution >= 4 is 35.6 Å². The summed E-state index contributed by atoms with van der Waals surface area (Å²) in [6, 6.07) is 0.182. The number of hydrazine groups is 1. The lowest BCUT2D eigenvalue weighted by atomic mass is 10.2. The van der Waals surface area contributed by atoms with Crippen molar-refractivity contribution in [3.05, 3.63) is 35.7 Å². The van der Waals surface area contributed by atoms with E-state index in [-0.39, 0.29) is 49.1 Å². The number of amides is 4. The molecule has 0 bridgehead atoms. The molecular formula is C21H25ClF3N9O6. The topological polar surface area (TPSA) is 175 Å². The SMILES string of the molecule is CCOC(=O)c1ccncc1-n1nc(CN(C(=O)NC[C@H](O)C(F)(F)F)N(C)Cl)nc1C(=O)N1CCNC(=O)C1. The van der Waals surface area contributed by atoms with E-state index in [1.807, 2.05) is 5.32 Å². The van der Waals surface area contributed by atoms with E-state index in [2.05, 4.69) is 20.4 Å². The second kappa shape index (κ2) is 12.9. The molecule has 1 fully saturated rings. The lowest BCUT2D eigenvalue weighted by Crippen LogP contribution is -2.50. The molecule has 1 aliphatic rings. The molecule has 0 aliphatic carbocycles. The first kappa shape index (κ1) is 30.5. The second-order valence-corrected chi connectivity index (χ2v) is 8.69. The number of esters is 1. The summed E-state index contributed by atoms with van der Waals surface area (Å²) in [7, 11) is 1.19. The minimum absolute atomic E-state index is 0.00644. The summed E-state index contributed by atoms with van der Waals surface area (Å²) in [5, 5.41) is 18.6. The van der Waals surface area contributed by atoms with Gasteiger partial charge in [-0.2, -0.15) is 13.2 Å². The molecule has 0 aromatic carbocycles. The molecule has 40 heavy (non-hydrogen) atoms. The monoisotopic (exact) mass is 591 g/mol. The predicted octanol–water partition coefficient (Wildman–Crippen LogP) is -0.154. The van der Waals surface area contributed by atoms with Crippen LogP contribution in [0.5, 0.6) is 0 Å². The second-order valence-electron chi connectivity index (χ2n) is 8.20. The number of rotatable bonds is 9. The van der Waals surface area contributed by atoms with Crippen LogP contribution in [-0.4, -0.2) is 115 Å². The zero-order valence-electron chi connectivity index (χ0n) is 21.2. The Kier molecular flexibility index (Phi) is 9.83. The van der Waals surface area contributed by atoms with Gasteiger partial charge in [0.15, 0.2) is 11.9 Å². The molecule has 1 aliphatic heterocycles. The third-order valence-corrected chi connectivity index (χ3v) is 5.56. The number of pyridine rings is 1. The summed E-state index contributed by atoms with van der Waals surface area (Å²) in [4.78, 5) is 59.8. The van der Waals surface area contributed by atoms with Gasteiger partial charge in [0.05, 0.1) is 24.9 Å². The zero-order chi connectivity index (χ0) is 29.6. The van der Waals surface area contributed by atoms with E-state index in [0.717, 1.165) is 4.68 Å². The van der Waals surface area contributed by atoms with Gasteiger partial charge in [-0.05, 0) is 24.8 Å². The lowest BCUT2D eigenvalue weighted by Gasteiger charge is -2.26. The number of aliphatic hydroxyl groups is 1. The number of nitrogens with one attached hydrogen (secondary N) is 2. The third kappa shape index (κ3) is 7.33. The Morgan fingerprint density at radius 2 is 2.08 bits per heavy atom. The minimum atomic E-state index is -4.97. The summed E-state index contributed by atoms with van der Waals surface area (Å²) >= 11 is 5.92. The van der Waals surface area contributed by atoms with Crippen LogP contribution in [0.15, 0.2) is 18.5 Å². The Balaban J connectivity index is 1.99. The highest BCUT2D eigenvalue weighted by atomic mass is 35.5. The van der Waals surface area contributed by atoms with Crippen molar-refractivity contribution in [1.82, 2.24) is 44.8 Å². The first-order valence-electron chi connectivity index (χ1n) is 11.7. The van der Waals surface area contributed by atoms with Crippen molar-refractivity contribution in [2.24, 2.45) is 0 Å². The number of urea groups is 1. The number of alkyl halides is 3. The fourth-order valence-corrected chi connectivity index (χ4v) is 3.56. The molecular weight excluding hydrogens is 567 g/mol. The Labute approximate surface area is 229 Å². The number of aromatic nitrogens is 4. The normalized spacial score (nSPS) is 14.5. The maximum absolute atomic E-state index is 13.4. The minimum Gasteiger partial charge on any atom is -0.462 e. The summed E-state index contributed by atoms with van der Waals surface area (Å²) in [5.74, 6) is -2.48. The molecule has 0 saturated carbocycles. The van der Waals surface area contributed by atoms with Crippen LogP contribution in [0, 0.1) is 0 Å². The summed E-state index contributed by atoms with van der Waals surface area (Å²) in [6.07, 6.45) is -5.25. The smallest absolute Gasteiger partial charge is 0.416 e. The molecule has 19 heteroatoms. The highest BCUT2D eigenvalue weighted by Gasteiger charge is 2.38. The third-order valence-electron chi connectivity index (χ3n) is 5.37. The number of aliphatic hydroxyl groups excluding tert-OH is 1. The molecule has 1 atom stereocenters. The number of carbonyl (C=O) groups excluding carboxylic acids is 4. The fourth-order valence-electron chi connectivity index (χ4n) is 3.44. The van der Waals surface area contributed by atoms with Crippen LogP contribution in [0.1, 0.15) is 33.7 Å². The Morgan fingerprint density at radius 1 is 1.35 bits per heavy atom. The van der Waals surface area contributed by atoms with Gasteiger partial charge in [0.25, 0.3) is 5.91 Å². The van der Waals surface area contributed by atoms with Crippen LogP contribution in [0.2, 0.25) is 0 Å². The maximum Gasteiger partial charge on any atom is 0.416 e. The van der Waals surface area contributed by atoms with Crippen molar-refractivity contribution in [2.75, 3.05) is 39.8 Å². The highest BCUT2D eigenvalue weighted by molar-refractivity contribution is 6.13. The van der Waals surface area contributed by atoms with Crippen LogP contribution in [0.25, 0.3) is 5.69 Å². The van der Waals surface area contributed by atoms with Crippen molar-refractivity contribution < 1.29 is 42.2 Å². The predicted molar refractivity (Wildman–Crippen MR) is 129 cm³/mol. The van der Waals surface area contributed by atoms with E-state index in [1.54, 1.807) is 6.92 Å². The molecule has 1 saturated heterocycles. The molecule has 3 heterocycles. The Morgan fingerprint density at radius 3 is 2.70 bits per heavy atom. The number of hydrogen-bond acceptors (Lipinski definition) is 10. The molecule has 0 unspecified atom stereocenters. The van der Waals surface area contributed by atoms with Crippen molar-refractivity contribution in [1.29, 1.82) is 0 Å². The van der Waals surface area contributed by atoms with E-state index < -0.39 is 49.2 Å². The van der Waals surface area contributed by atoms with Gasteiger partial charge in [0.1, 0.15) is 18.8 Å². The molecule has 2 aromatic heterocycles. The number of hydrogen-bond donors (Lipinski definition) is 3. The molecule has 0 spiro atoms. The first-order valence-corrected chi connectivity index (χ1v) is 12.0. The average Bonchev–Trinajstić information content (AvgIpc) is 3.33. The molecule has 3 N–H and O–H groups in total. The van der Waals surface area contributed by atoms with Crippen LogP contribution in [0.3, 0.4) is 0 Å². The standard InChI is InChI=1S/C21H25ClF3N9O6/c1-3-40-19(38)12-4-5-26-8-13(12)34-17(18(37)32-7-6-27-16(36)11-32)29-15(30-34)10-33(31(2)22)20(39)28-9-14(35)21(23,24)25/h4-5,8,14,35H,3,6-7,9-11H2,1-2H3,(H,27,36)(H,28,39)/t14-/m0/s1.